The van der Waals surface area contributed by atoms with Crippen LogP contribution in [-0.2, 0) is 4.79 Å². The number of carbonyl (C=O) groups excluding carboxylic acids is 1. The van der Waals surface area contributed by atoms with E-state index in [4.69, 9.17) is 0 Å². The van der Waals surface area contributed by atoms with Crippen molar-refractivity contribution in [3.05, 3.63) is 66.0 Å². The number of tetrazole rings is 1. The van der Waals surface area contributed by atoms with Gasteiger partial charge >= 0.3 is 6.36 Å². The summed E-state index contributed by atoms with van der Waals surface area (Å²) < 4.78 is 46.5. The molecule has 3 aliphatic rings. The van der Waals surface area contributed by atoms with Crippen molar-refractivity contribution in [1.82, 2.24) is 30.4 Å². The molecular formula is C27H30F3N7O2. The van der Waals surface area contributed by atoms with Gasteiger partial charge in [-0.15, -0.1) is 18.3 Å². The Kier molecular flexibility index (Phi) is 6.66. The Labute approximate surface area is 223 Å². The molecule has 0 radical (unpaired) electrons. The molecule has 6 rings (SSSR count). The van der Waals surface area contributed by atoms with Crippen molar-refractivity contribution in [2.75, 3.05) is 24.7 Å². The molecule has 2 saturated heterocycles. The Balaban J connectivity index is 1.36. The highest BCUT2D eigenvalue weighted by Gasteiger charge is 2.51. The van der Waals surface area contributed by atoms with Gasteiger partial charge in [-0.25, -0.2) is 4.68 Å². The van der Waals surface area contributed by atoms with Gasteiger partial charge in [0.1, 0.15) is 17.3 Å². The van der Waals surface area contributed by atoms with Crippen LogP contribution in [0.5, 0.6) is 5.75 Å². The monoisotopic (exact) mass is 541 g/mol. The first-order chi connectivity index (χ1) is 18.9. The first-order valence-corrected chi connectivity index (χ1v) is 13.3. The number of aromatic nitrogens is 4. The zero-order chi connectivity index (χ0) is 27.0. The fraction of sp³-hybridized carbons (Fsp3) is 0.481. The van der Waals surface area contributed by atoms with E-state index >= 15 is 0 Å². The van der Waals surface area contributed by atoms with Gasteiger partial charge in [0.2, 0.25) is 5.91 Å². The van der Waals surface area contributed by atoms with E-state index in [-0.39, 0.29) is 17.7 Å². The second-order valence-electron chi connectivity index (χ2n) is 10.4. The highest BCUT2D eigenvalue weighted by atomic mass is 19.4. The number of para-hydroxylation sites is 2. The highest BCUT2D eigenvalue weighted by molar-refractivity contribution is 5.93. The van der Waals surface area contributed by atoms with E-state index in [1.807, 2.05) is 30.3 Å². The topological polar surface area (TPSA) is 88.4 Å². The Hall–Kier alpha value is -3.67. The van der Waals surface area contributed by atoms with Crippen molar-refractivity contribution in [1.29, 1.82) is 0 Å². The molecule has 206 valence electrons. The molecule has 1 spiro atoms. The zero-order valence-corrected chi connectivity index (χ0v) is 21.3. The summed E-state index contributed by atoms with van der Waals surface area (Å²) in [6, 6.07) is 15.4. The van der Waals surface area contributed by atoms with Crippen molar-refractivity contribution >= 4 is 11.6 Å². The third kappa shape index (κ3) is 4.81. The molecule has 3 heterocycles. The summed E-state index contributed by atoms with van der Waals surface area (Å²) >= 11 is 0. The van der Waals surface area contributed by atoms with Crippen LogP contribution >= 0.6 is 0 Å². The van der Waals surface area contributed by atoms with Crippen LogP contribution in [0.15, 0.2) is 54.6 Å². The maximum absolute atomic E-state index is 13.4. The number of nitrogens with one attached hydrogen (secondary N) is 1. The van der Waals surface area contributed by atoms with Gasteiger partial charge < -0.3 is 15.0 Å². The minimum atomic E-state index is -4.85. The number of alkyl halides is 3. The SMILES string of the molecule is O=C1NCN(c2ccccc2)C12CCN(C(c1ccccc1OC(F)(F)F)c1nnnn1C1CCCC1)CC2. The van der Waals surface area contributed by atoms with Gasteiger partial charge in [0, 0.05) is 24.3 Å². The molecule has 1 atom stereocenters. The quantitative estimate of drug-likeness (QED) is 0.500. The predicted octanol–water partition coefficient (Wildman–Crippen LogP) is 4.20. The van der Waals surface area contributed by atoms with E-state index in [1.165, 1.54) is 12.1 Å². The summed E-state index contributed by atoms with van der Waals surface area (Å²) in [5, 5.41) is 15.6. The first kappa shape index (κ1) is 25.6. The predicted molar refractivity (Wildman–Crippen MR) is 136 cm³/mol. The maximum Gasteiger partial charge on any atom is 0.573 e. The molecule has 9 nitrogen and oxygen atoms in total. The van der Waals surface area contributed by atoms with E-state index in [1.54, 1.807) is 16.8 Å². The standard InChI is InChI=1S/C27H30F3N7O2/c28-27(29,30)39-22-13-7-6-12-21(22)23(24-32-33-34-37(24)20-10-4-5-11-20)35-16-14-26(15-17-35)25(38)31-18-36(26)19-8-2-1-3-9-19/h1-3,6-9,12-13,20,23H,4-5,10-11,14-18H2,(H,31,38). The number of ether oxygens (including phenoxy) is 1. The minimum absolute atomic E-state index is 0.0286. The minimum Gasteiger partial charge on any atom is -0.405 e. The molecule has 3 aromatic rings. The summed E-state index contributed by atoms with van der Waals surface area (Å²) in [5.41, 5.74) is 0.562. The van der Waals surface area contributed by atoms with E-state index < -0.39 is 17.9 Å². The Morgan fingerprint density at radius 1 is 1.00 bits per heavy atom. The summed E-state index contributed by atoms with van der Waals surface area (Å²) in [6.07, 6.45) is 0.0941. The summed E-state index contributed by atoms with van der Waals surface area (Å²) in [7, 11) is 0. The molecule has 0 bridgehead atoms. The molecule has 12 heteroatoms. The van der Waals surface area contributed by atoms with E-state index in [0.717, 1.165) is 31.4 Å². The van der Waals surface area contributed by atoms with E-state index in [9.17, 15) is 18.0 Å². The molecule has 1 unspecified atom stereocenters. The van der Waals surface area contributed by atoms with Crippen molar-refractivity contribution in [2.24, 2.45) is 0 Å². The number of anilines is 1. The second kappa shape index (κ2) is 10.1. The number of halogens is 3. The largest absolute Gasteiger partial charge is 0.573 e. The lowest BCUT2D eigenvalue weighted by Gasteiger charge is -2.45. The van der Waals surface area contributed by atoms with Gasteiger partial charge in [-0.3, -0.25) is 9.69 Å². The van der Waals surface area contributed by atoms with Crippen molar-refractivity contribution in [2.45, 2.75) is 62.5 Å². The van der Waals surface area contributed by atoms with Crippen molar-refractivity contribution < 1.29 is 22.7 Å². The number of hydrogen-bond acceptors (Lipinski definition) is 7. The van der Waals surface area contributed by atoms with Crippen LogP contribution in [0.4, 0.5) is 18.9 Å². The average Bonchev–Trinajstić information content (AvgIpc) is 3.68. The van der Waals surface area contributed by atoms with E-state index in [2.05, 4.69) is 35.4 Å². The third-order valence-corrected chi connectivity index (χ3v) is 8.27. The fourth-order valence-corrected chi connectivity index (χ4v) is 6.40. The third-order valence-electron chi connectivity index (χ3n) is 8.27. The number of benzene rings is 2. The lowest BCUT2D eigenvalue weighted by atomic mass is 9.84. The normalized spacial score (nSPS) is 20.9. The lowest BCUT2D eigenvalue weighted by Crippen LogP contribution is -2.57. The summed E-state index contributed by atoms with van der Waals surface area (Å²) in [6.45, 7) is 1.33. The molecule has 1 saturated carbocycles. The van der Waals surface area contributed by atoms with Crippen LogP contribution in [0.2, 0.25) is 0 Å². The number of carbonyl (C=O) groups is 1. The van der Waals surface area contributed by atoms with E-state index in [0.29, 0.717) is 44.0 Å². The molecule has 2 aliphatic heterocycles. The molecule has 1 N–H and O–H groups in total. The Morgan fingerprint density at radius 2 is 1.69 bits per heavy atom. The molecule has 3 fully saturated rings. The lowest BCUT2D eigenvalue weighted by molar-refractivity contribution is -0.275. The van der Waals surface area contributed by atoms with Crippen LogP contribution in [0, 0.1) is 0 Å². The first-order valence-electron chi connectivity index (χ1n) is 13.3. The van der Waals surface area contributed by atoms with Crippen molar-refractivity contribution in [3.8, 4) is 5.75 Å². The maximum atomic E-state index is 13.4. The van der Waals surface area contributed by atoms with Gasteiger partial charge in [0.15, 0.2) is 5.82 Å². The molecular weight excluding hydrogens is 511 g/mol. The number of nitrogens with zero attached hydrogens (tertiary/aromatic N) is 6. The van der Waals surface area contributed by atoms with Crippen LogP contribution in [0.1, 0.15) is 62.0 Å². The number of piperidine rings is 1. The molecule has 1 amide bonds. The van der Waals surface area contributed by atoms with Crippen molar-refractivity contribution in [3.63, 3.8) is 0 Å². The zero-order valence-electron chi connectivity index (χ0n) is 21.3. The number of likely N-dealkylation sites (tertiary alicyclic amines) is 1. The smallest absolute Gasteiger partial charge is 0.405 e. The Morgan fingerprint density at radius 3 is 2.41 bits per heavy atom. The second-order valence-corrected chi connectivity index (χ2v) is 10.4. The van der Waals surface area contributed by atoms with Gasteiger partial charge in [-0.05, 0) is 54.3 Å². The molecule has 1 aliphatic carbocycles. The Bertz CT molecular complexity index is 1300. The average molecular weight is 542 g/mol. The van der Waals surface area contributed by atoms with Gasteiger partial charge in [0.05, 0.1) is 12.7 Å². The van der Waals surface area contributed by atoms with Gasteiger partial charge in [-0.2, -0.15) is 0 Å². The van der Waals surface area contributed by atoms with Gasteiger partial charge in [-0.1, -0.05) is 49.2 Å². The molecule has 1 aromatic heterocycles. The number of hydrogen-bond donors (Lipinski definition) is 1. The van der Waals surface area contributed by atoms with Crippen LogP contribution in [0.25, 0.3) is 0 Å². The molecule has 2 aromatic carbocycles. The number of rotatable bonds is 6. The van der Waals surface area contributed by atoms with Gasteiger partial charge in [0.25, 0.3) is 0 Å². The van der Waals surface area contributed by atoms with Crippen LogP contribution in [0.3, 0.4) is 0 Å². The highest BCUT2D eigenvalue weighted by Crippen LogP contribution is 2.43. The number of amides is 1. The summed E-state index contributed by atoms with van der Waals surface area (Å²) in [5.74, 6) is 0.187. The van der Waals surface area contributed by atoms with Crippen LogP contribution in [-0.4, -0.2) is 62.7 Å². The summed E-state index contributed by atoms with van der Waals surface area (Å²) in [4.78, 5) is 17.4. The molecule has 39 heavy (non-hydrogen) atoms. The van der Waals surface area contributed by atoms with Crippen LogP contribution < -0.4 is 15.0 Å². The fourth-order valence-electron chi connectivity index (χ4n) is 6.40.